The number of aromatic carboxylic acids is 1. The van der Waals surface area contributed by atoms with Gasteiger partial charge in [-0.15, -0.1) is 0 Å². The van der Waals surface area contributed by atoms with E-state index in [0.29, 0.717) is 5.02 Å². The fourth-order valence-electron chi connectivity index (χ4n) is 1.15. The largest absolute Gasteiger partial charge is 0.478 e. The first kappa shape index (κ1) is 10.1. The highest BCUT2D eigenvalue weighted by atomic mass is 35.5. The van der Waals surface area contributed by atoms with Crippen LogP contribution >= 0.6 is 11.6 Å². The van der Waals surface area contributed by atoms with Crippen LogP contribution in [0.15, 0.2) is 18.2 Å². The lowest BCUT2D eigenvalue weighted by Gasteiger charge is -2.02. The maximum absolute atomic E-state index is 10.6. The Morgan fingerprint density at radius 3 is 2.69 bits per heavy atom. The average Bonchev–Trinajstić information content (AvgIpc) is 2.08. The lowest BCUT2D eigenvalue weighted by atomic mass is 10.1. The van der Waals surface area contributed by atoms with Crippen molar-refractivity contribution < 1.29 is 9.90 Å². The molecule has 0 aliphatic rings. The molecular formula is C10H11ClO2. The zero-order valence-electron chi connectivity index (χ0n) is 7.38. The number of carboxylic acids is 1. The Bertz CT molecular complexity index is 321. The van der Waals surface area contributed by atoms with Crippen molar-refractivity contribution in [3.05, 3.63) is 34.3 Å². The van der Waals surface area contributed by atoms with Crippen molar-refractivity contribution in [2.45, 2.75) is 19.8 Å². The van der Waals surface area contributed by atoms with Crippen LogP contribution in [0.2, 0.25) is 5.02 Å². The summed E-state index contributed by atoms with van der Waals surface area (Å²) in [5, 5.41) is 9.21. The summed E-state index contributed by atoms with van der Waals surface area (Å²) >= 11 is 5.89. The maximum atomic E-state index is 10.6. The Morgan fingerprint density at radius 2 is 2.23 bits per heavy atom. The second-order valence-electron chi connectivity index (χ2n) is 2.86. The molecule has 0 fully saturated rings. The molecular weight excluding hydrogens is 188 g/mol. The second kappa shape index (κ2) is 4.28. The van der Waals surface area contributed by atoms with Crippen LogP contribution in [-0.4, -0.2) is 11.1 Å². The standard InChI is InChI=1S/C10H11ClO2/c1-2-3-7-4-5-8(10(12)13)6-9(7)11/h4-6H,2-3H2,1H3,(H,12,13). The number of hydrogen-bond acceptors (Lipinski definition) is 1. The van der Waals surface area contributed by atoms with E-state index in [9.17, 15) is 4.79 Å². The van der Waals surface area contributed by atoms with Gasteiger partial charge in [-0.25, -0.2) is 4.79 Å². The van der Waals surface area contributed by atoms with Gasteiger partial charge in [0.1, 0.15) is 0 Å². The first-order valence-corrected chi connectivity index (χ1v) is 4.54. The number of carbonyl (C=O) groups is 1. The molecule has 0 aliphatic heterocycles. The number of halogens is 1. The molecule has 1 aromatic carbocycles. The van der Waals surface area contributed by atoms with Crippen LogP contribution in [0.5, 0.6) is 0 Å². The Balaban J connectivity index is 2.98. The van der Waals surface area contributed by atoms with Crippen molar-refractivity contribution in [1.29, 1.82) is 0 Å². The molecule has 0 unspecified atom stereocenters. The summed E-state index contributed by atoms with van der Waals surface area (Å²) in [4.78, 5) is 10.6. The van der Waals surface area contributed by atoms with E-state index >= 15 is 0 Å². The quantitative estimate of drug-likeness (QED) is 0.811. The first-order chi connectivity index (χ1) is 6.15. The van der Waals surface area contributed by atoms with Crippen molar-refractivity contribution in [3.8, 4) is 0 Å². The first-order valence-electron chi connectivity index (χ1n) is 4.17. The zero-order chi connectivity index (χ0) is 9.84. The van der Waals surface area contributed by atoms with Crippen LogP contribution in [-0.2, 0) is 6.42 Å². The van der Waals surface area contributed by atoms with E-state index in [1.807, 2.05) is 0 Å². The van der Waals surface area contributed by atoms with E-state index in [-0.39, 0.29) is 5.56 Å². The van der Waals surface area contributed by atoms with E-state index < -0.39 is 5.97 Å². The van der Waals surface area contributed by atoms with E-state index in [4.69, 9.17) is 16.7 Å². The van der Waals surface area contributed by atoms with Gasteiger partial charge in [-0.1, -0.05) is 31.0 Å². The number of carboxylic acid groups (broad SMARTS) is 1. The van der Waals surface area contributed by atoms with Gasteiger partial charge in [0.15, 0.2) is 0 Å². The molecule has 0 atom stereocenters. The predicted molar refractivity (Wildman–Crippen MR) is 52.4 cm³/mol. The molecule has 1 N–H and O–H groups in total. The molecule has 0 heterocycles. The molecule has 0 saturated heterocycles. The van der Waals surface area contributed by atoms with Gasteiger partial charge in [-0.3, -0.25) is 0 Å². The summed E-state index contributed by atoms with van der Waals surface area (Å²) in [6.45, 7) is 2.06. The number of benzene rings is 1. The molecule has 0 spiro atoms. The topological polar surface area (TPSA) is 37.3 Å². The third-order valence-electron chi connectivity index (χ3n) is 1.82. The maximum Gasteiger partial charge on any atom is 0.335 e. The Kier molecular flexibility index (Phi) is 3.32. The van der Waals surface area contributed by atoms with Gasteiger partial charge in [-0.05, 0) is 24.1 Å². The Morgan fingerprint density at radius 1 is 1.54 bits per heavy atom. The lowest BCUT2D eigenvalue weighted by Crippen LogP contribution is -1.97. The summed E-state index contributed by atoms with van der Waals surface area (Å²) in [6, 6.07) is 4.85. The van der Waals surface area contributed by atoms with Gasteiger partial charge < -0.3 is 5.11 Å². The van der Waals surface area contributed by atoms with Gasteiger partial charge >= 0.3 is 5.97 Å². The van der Waals surface area contributed by atoms with Gasteiger partial charge in [0.2, 0.25) is 0 Å². The third-order valence-corrected chi connectivity index (χ3v) is 2.17. The number of hydrogen-bond donors (Lipinski definition) is 1. The van der Waals surface area contributed by atoms with E-state index in [1.54, 1.807) is 12.1 Å². The number of aryl methyl sites for hydroxylation is 1. The summed E-state index contributed by atoms with van der Waals surface area (Å²) in [5.74, 6) is -0.940. The van der Waals surface area contributed by atoms with Gasteiger partial charge in [0.05, 0.1) is 5.56 Å². The summed E-state index contributed by atoms with van der Waals surface area (Å²) in [6.07, 6.45) is 1.89. The molecule has 0 saturated carbocycles. The summed E-state index contributed by atoms with van der Waals surface area (Å²) in [7, 11) is 0. The van der Waals surface area contributed by atoms with Crippen LogP contribution in [0.3, 0.4) is 0 Å². The smallest absolute Gasteiger partial charge is 0.335 e. The SMILES string of the molecule is CCCc1ccc(C(=O)O)cc1Cl. The summed E-state index contributed by atoms with van der Waals surface area (Å²) in [5.41, 5.74) is 1.25. The molecule has 13 heavy (non-hydrogen) atoms. The van der Waals surface area contributed by atoms with Crippen LogP contribution in [0.1, 0.15) is 29.3 Å². The zero-order valence-corrected chi connectivity index (χ0v) is 8.14. The highest BCUT2D eigenvalue weighted by Crippen LogP contribution is 2.19. The number of rotatable bonds is 3. The minimum Gasteiger partial charge on any atom is -0.478 e. The fourth-order valence-corrected chi connectivity index (χ4v) is 1.43. The van der Waals surface area contributed by atoms with Crippen molar-refractivity contribution >= 4 is 17.6 Å². The summed E-state index contributed by atoms with van der Waals surface area (Å²) < 4.78 is 0. The highest BCUT2D eigenvalue weighted by molar-refractivity contribution is 6.31. The third kappa shape index (κ3) is 2.46. The molecule has 70 valence electrons. The van der Waals surface area contributed by atoms with Crippen molar-refractivity contribution in [1.82, 2.24) is 0 Å². The highest BCUT2D eigenvalue weighted by Gasteiger charge is 2.05. The van der Waals surface area contributed by atoms with Gasteiger partial charge in [-0.2, -0.15) is 0 Å². The fraction of sp³-hybridized carbons (Fsp3) is 0.300. The van der Waals surface area contributed by atoms with Crippen molar-refractivity contribution in [3.63, 3.8) is 0 Å². The van der Waals surface area contributed by atoms with Crippen LogP contribution in [0.4, 0.5) is 0 Å². The monoisotopic (exact) mass is 198 g/mol. The van der Waals surface area contributed by atoms with Crippen LogP contribution in [0, 0.1) is 0 Å². The van der Waals surface area contributed by atoms with Crippen molar-refractivity contribution in [2.75, 3.05) is 0 Å². The Hall–Kier alpha value is -1.02. The molecule has 0 aromatic heterocycles. The molecule has 1 rings (SSSR count). The molecule has 0 radical (unpaired) electrons. The van der Waals surface area contributed by atoms with E-state index in [1.165, 1.54) is 6.07 Å². The molecule has 2 nitrogen and oxygen atoms in total. The van der Waals surface area contributed by atoms with Gasteiger partial charge in [0, 0.05) is 5.02 Å². The minimum atomic E-state index is -0.940. The Labute approximate surface area is 82.2 Å². The molecule has 0 bridgehead atoms. The predicted octanol–water partition coefficient (Wildman–Crippen LogP) is 2.99. The second-order valence-corrected chi connectivity index (χ2v) is 3.27. The lowest BCUT2D eigenvalue weighted by molar-refractivity contribution is 0.0697. The molecule has 0 amide bonds. The minimum absolute atomic E-state index is 0.241. The van der Waals surface area contributed by atoms with Crippen LogP contribution < -0.4 is 0 Å². The van der Waals surface area contributed by atoms with Crippen LogP contribution in [0.25, 0.3) is 0 Å². The normalized spacial score (nSPS) is 10.0. The average molecular weight is 199 g/mol. The molecule has 0 aliphatic carbocycles. The van der Waals surface area contributed by atoms with Gasteiger partial charge in [0.25, 0.3) is 0 Å². The van der Waals surface area contributed by atoms with Crippen molar-refractivity contribution in [2.24, 2.45) is 0 Å². The molecule has 3 heteroatoms. The van der Waals surface area contributed by atoms with E-state index in [2.05, 4.69) is 6.92 Å². The molecule has 1 aromatic rings. The van der Waals surface area contributed by atoms with E-state index in [0.717, 1.165) is 18.4 Å².